The van der Waals surface area contributed by atoms with E-state index in [1.165, 1.54) is 25.3 Å². The third-order valence-corrected chi connectivity index (χ3v) is 3.39. The molecule has 0 amide bonds. The second-order valence-electron chi connectivity index (χ2n) is 4.99. The van der Waals surface area contributed by atoms with Gasteiger partial charge in [-0.2, -0.15) is 0 Å². The first kappa shape index (κ1) is 11.2. The third-order valence-electron chi connectivity index (χ3n) is 3.39. The van der Waals surface area contributed by atoms with E-state index < -0.39 is 0 Å². The van der Waals surface area contributed by atoms with Crippen LogP contribution in [0.4, 0.5) is 15.8 Å². The summed E-state index contributed by atoms with van der Waals surface area (Å²) in [5, 5.41) is 3.32. The minimum absolute atomic E-state index is 0.0369. The Labute approximate surface area is 96.0 Å². The second-order valence-corrected chi connectivity index (χ2v) is 4.99. The van der Waals surface area contributed by atoms with Gasteiger partial charge >= 0.3 is 0 Å². The first-order valence-corrected chi connectivity index (χ1v) is 5.92. The molecule has 0 bridgehead atoms. The molecule has 0 atom stereocenters. The first-order chi connectivity index (χ1) is 7.59. The Bertz CT molecular complexity index is 370. The van der Waals surface area contributed by atoms with E-state index in [1.807, 2.05) is 0 Å². The molecule has 0 radical (unpaired) electrons. The maximum atomic E-state index is 13.6. The first-order valence-electron chi connectivity index (χ1n) is 5.92. The van der Waals surface area contributed by atoms with Gasteiger partial charge < -0.3 is 11.1 Å². The number of benzene rings is 1. The molecule has 3 N–H and O–H groups in total. The fourth-order valence-electron chi connectivity index (χ4n) is 2.41. The molecule has 2 nitrogen and oxygen atoms in total. The van der Waals surface area contributed by atoms with Gasteiger partial charge in [0.05, 0.1) is 5.69 Å². The zero-order valence-electron chi connectivity index (χ0n) is 9.72. The van der Waals surface area contributed by atoms with E-state index in [-0.39, 0.29) is 11.4 Å². The molecule has 0 heterocycles. The molecule has 1 aliphatic rings. The van der Waals surface area contributed by atoms with E-state index in [0.29, 0.717) is 11.4 Å². The zero-order valence-corrected chi connectivity index (χ0v) is 9.72. The number of rotatable bonds is 2. The van der Waals surface area contributed by atoms with E-state index in [2.05, 4.69) is 12.2 Å². The van der Waals surface area contributed by atoms with Gasteiger partial charge in [-0.25, -0.2) is 4.39 Å². The molecule has 0 aliphatic heterocycles. The van der Waals surface area contributed by atoms with Gasteiger partial charge in [-0.3, -0.25) is 0 Å². The summed E-state index contributed by atoms with van der Waals surface area (Å²) >= 11 is 0. The van der Waals surface area contributed by atoms with Crippen LogP contribution < -0.4 is 11.1 Å². The van der Waals surface area contributed by atoms with Crippen molar-refractivity contribution in [1.29, 1.82) is 0 Å². The lowest BCUT2D eigenvalue weighted by Crippen LogP contribution is -2.37. The van der Waals surface area contributed by atoms with Gasteiger partial charge in [0, 0.05) is 11.2 Å². The Morgan fingerprint density at radius 3 is 2.56 bits per heavy atom. The lowest BCUT2D eigenvalue weighted by Gasteiger charge is -2.35. The zero-order chi connectivity index (χ0) is 11.6. The Balaban J connectivity index is 2.13. The molecule has 0 unspecified atom stereocenters. The molecular formula is C13H19FN2. The Kier molecular flexibility index (Phi) is 3.03. The number of halogens is 1. The number of anilines is 2. The molecule has 16 heavy (non-hydrogen) atoms. The smallest absolute Gasteiger partial charge is 0.148 e. The SMILES string of the molecule is CC1(Nc2ccc(N)cc2F)CCCCC1. The molecule has 0 spiro atoms. The Morgan fingerprint density at radius 1 is 1.25 bits per heavy atom. The minimum atomic E-state index is -0.258. The summed E-state index contributed by atoms with van der Waals surface area (Å²) < 4.78 is 13.6. The van der Waals surface area contributed by atoms with Gasteiger partial charge in [0.25, 0.3) is 0 Å². The monoisotopic (exact) mass is 222 g/mol. The molecule has 1 aromatic rings. The quantitative estimate of drug-likeness (QED) is 0.751. The van der Waals surface area contributed by atoms with E-state index in [9.17, 15) is 4.39 Å². The van der Waals surface area contributed by atoms with Crippen LogP contribution in [0.2, 0.25) is 0 Å². The van der Waals surface area contributed by atoms with E-state index >= 15 is 0 Å². The van der Waals surface area contributed by atoms with Crippen molar-refractivity contribution >= 4 is 11.4 Å². The van der Waals surface area contributed by atoms with Crippen molar-refractivity contribution in [1.82, 2.24) is 0 Å². The van der Waals surface area contributed by atoms with Gasteiger partial charge in [-0.05, 0) is 38.0 Å². The highest BCUT2D eigenvalue weighted by Gasteiger charge is 2.27. The van der Waals surface area contributed by atoms with E-state index in [0.717, 1.165) is 12.8 Å². The average molecular weight is 222 g/mol. The Morgan fingerprint density at radius 2 is 1.94 bits per heavy atom. The fourth-order valence-corrected chi connectivity index (χ4v) is 2.41. The maximum absolute atomic E-state index is 13.6. The molecule has 88 valence electrons. The van der Waals surface area contributed by atoms with Gasteiger partial charge in [0.2, 0.25) is 0 Å². The molecule has 1 fully saturated rings. The molecule has 0 aromatic heterocycles. The summed E-state index contributed by atoms with van der Waals surface area (Å²) in [6.45, 7) is 2.17. The van der Waals surface area contributed by atoms with Crippen LogP contribution in [0.15, 0.2) is 18.2 Å². The molecule has 1 saturated carbocycles. The van der Waals surface area contributed by atoms with Gasteiger partial charge in [0.15, 0.2) is 0 Å². The van der Waals surface area contributed by atoms with Crippen molar-refractivity contribution in [3.63, 3.8) is 0 Å². The molecule has 1 aromatic carbocycles. The summed E-state index contributed by atoms with van der Waals surface area (Å²) in [5.41, 5.74) is 6.60. The van der Waals surface area contributed by atoms with Crippen molar-refractivity contribution in [2.75, 3.05) is 11.1 Å². The third kappa shape index (κ3) is 2.46. The van der Waals surface area contributed by atoms with Crippen molar-refractivity contribution in [3.05, 3.63) is 24.0 Å². The van der Waals surface area contributed by atoms with Gasteiger partial charge in [-0.15, -0.1) is 0 Å². The van der Waals surface area contributed by atoms with Crippen LogP contribution >= 0.6 is 0 Å². The predicted molar refractivity (Wildman–Crippen MR) is 65.9 cm³/mol. The van der Waals surface area contributed by atoms with Crippen LogP contribution in [0.5, 0.6) is 0 Å². The van der Waals surface area contributed by atoms with Gasteiger partial charge in [-0.1, -0.05) is 19.3 Å². The van der Waals surface area contributed by atoms with Crippen LogP contribution in [0.3, 0.4) is 0 Å². The largest absolute Gasteiger partial charge is 0.399 e. The standard InChI is InChI=1S/C13H19FN2/c1-13(7-3-2-4-8-13)16-12-6-5-10(15)9-11(12)14/h5-6,9,16H,2-4,7-8,15H2,1H3. The summed E-state index contributed by atoms with van der Waals surface area (Å²) in [7, 11) is 0. The summed E-state index contributed by atoms with van der Waals surface area (Å²) in [6.07, 6.45) is 5.95. The van der Waals surface area contributed by atoms with Crippen LogP contribution in [0, 0.1) is 5.82 Å². The van der Waals surface area contributed by atoms with Crippen LogP contribution in [0.25, 0.3) is 0 Å². The summed E-state index contributed by atoms with van der Waals surface area (Å²) in [6, 6.07) is 4.83. The number of hydrogen-bond acceptors (Lipinski definition) is 2. The topological polar surface area (TPSA) is 38.0 Å². The predicted octanol–water partition coefficient (Wildman–Crippen LogP) is 3.54. The van der Waals surface area contributed by atoms with Crippen LogP contribution in [-0.4, -0.2) is 5.54 Å². The number of nitrogens with one attached hydrogen (secondary N) is 1. The van der Waals surface area contributed by atoms with Crippen molar-refractivity contribution in [2.45, 2.75) is 44.6 Å². The van der Waals surface area contributed by atoms with Crippen LogP contribution in [-0.2, 0) is 0 Å². The van der Waals surface area contributed by atoms with Crippen molar-refractivity contribution in [3.8, 4) is 0 Å². The lowest BCUT2D eigenvalue weighted by atomic mass is 9.83. The molecule has 3 heteroatoms. The Hall–Kier alpha value is -1.25. The van der Waals surface area contributed by atoms with Crippen LogP contribution in [0.1, 0.15) is 39.0 Å². The normalized spacial score (nSPS) is 19.4. The number of hydrogen-bond donors (Lipinski definition) is 2. The fraction of sp³-hybridized carbons (Fsp3) is 0.538. The second kappa shape index (κ2) is 4.32. The molecule has 1 aliphatic carbocycles. The van der Waals surface area contributed by atoms with Gasteiger partial charge in [0.1, 0.15) is 5.82 Å². The maximum Gasteiger partial charge on any atom is 0.148 e. The minimum Gasteiger partial charge on any atom is -0.399 e. The molecule has 0 saturated heterocycles. The summed E-state index contributed by atoms with van der Waals surface area (Å²) in [4.78, 5) is 0. The van der Waals surface area contributed by atoms with E-state index in [4.69, 9.17) is 5.73 Å². The molecule has 2 rings (SSSR count). The lowest BCUT2D eigenvalue weighted by molar-refractivity contribution is 0.348. The number of nitrogen functional groups attached to an aromatic ring is 1. The average Bonchev–Trinajstić information content (AvgIpc) is 2.23. The number of nitrogens with two attached hydrogens (primary N) is 1. The highest BCUT2D eigenvalue weighted by molar-refractivity contribution is 5.53. The summed E-state index contributed by atoms with van der Waals surface area (Å²) in [5.74, 6) is -0.258. The van der Waals surface area contributed by atoms with E-state index in [1.54, 1.807) is 12.1 Å². The highest BCUT2D eigenvalue weighted by Crippen LogP contribution is 2.32. The molecular weight excluding hydrogens is 203 g/mol. The van der Waals surface area contributed by atoms with Crippen molar-refractivity contribution in [2.24, 2.45) is 0 Å². The van der Waals surface area contributed by atoms with Crippen molar-refractivity contribution < 1.29 is 4.39 Å². The highest BCUT2D eigenvalue weighted by atomic mass is 19.1.